The van der Waals surface area contributed by atoms with Crippen LogP contribution in [0.2, 0.25) is 0 Å². The van der Waals surface area contributed by atoms with E-state index < -0.39 is 0 Å². The lowest BCUT2D eigenvalue weighted by Gasteiger charge is -1.98. The van der Waals surface area contributed by atoms with Crippen LogP contribution in [0.1, 0.15) is 85.5 Å². The number of rotatable bonds is 9. The Balaban J connectivity index is -0.000000132. The van der Waals surface area contributed by atoms with Gasteiger partial charge in [-0.25, -0.2) is 0 Å². The molecule has 0 amide bonds. The van der Waals surface area contributed by atoms with E-state index in [9.17, 15) is 4.79 Å². The zero-order valence-corrected chi connectivity index (χ0v) is 15.2. The SMILES string of the molecule is C=CC.C=CC.C=CC.CCCCCCCCCCC=O. The summed E-state index contributed by atoms with van der Waals surface area (Å²) in [4.78, 5) is 9.98. The molecule has 0 saturated carbocycles. The first kappa shape index (κ1) is 28.1. The number of aldehydes is 1. The maximum absolute atomic E-state index is 9.98. The van der Waals surface area contributed by atoms with Crippen LogP contribution in [0.5, 0.6) is 0 Å². The van der Waals surface area contributed by atoms with Gasteiger partial charge in [-0.1, -0.05) is 70.1 Å². The molecule has 0 aromatic heterocycles. The molecule has 0 rings (SSSR count). The van der Waals surface area contributed by atoms with Crippen LogP contribution >= 0.6 is 0 Å². The Morgan fingerprint density at radius 2 is 0.952 bits per heavy atom. The Morgan fingerprint density at radius 3 is 1.24 bits per heavy atom. The van der Waals surface area contributed by atoms with Gasteiger partial charge in [-0.2, -0.15) is 0 Å². The molecule has 0 unspecified atom stereocenters. The molecule has 0 heterocycles. The summed E-state index contributed by atoms with van der Waals surface area (Å²) >= 11 is 0. The fourth-order valence-electron chi connectivity index (χ4n) is 1.36. The molecule has 126 valence electrons. The quantitative estimate of drug-likeness (QED) is 0.248. The van der Waals surface area contributed by atoms with Crippen molar-refractivity contribution < 1.29 is 4.79 Å². The highest BCUT2D eigenvalue weighted by atomic mass is 16.1. The average molecular weight is 297 g/mol. The molecule has 0 aromatic carbocycles. The molecular weight excluding hydrogens is 256 g/mol. The summed E-state index contributed by atoms with van der Waals surface area (Å²) in [6.45, 7) is 18.0. The molecule has 1 heteroatoms. The Hall–Kier alpha value is -1.11. The van der Waals surface area contributed by atoms with Crippen molar-refractivity contribution >= 4 is 6.29 Å². The van der Waals surface area contributed by atoms with Gasteiger partial charge in [-0.05, 0) is 27.2 Å². The van der Waals surface area contributed by atoms with Crippen LogP contribution in [0.15, 0.2) is 38.0 Å². The van der Waals surface area contributed by atoms with Crippen LogP contribution in [0.4, 0.5) is 0 Å². The molecule has 0 radical (unpaired) electrons. The molecule has 0 fully saturated rings. The largest absolute Gasteiger partial charge is 0.303 e. The minimum atomic E-state index is 0.759. The lowest BCUT2D eigenvalue weighted by molar-refractivity contribution is -0.107. The van der Waals surface area contributed by atoms with E-state index in [4.69, 9.17) is 0 Å². The summed E-state index contributed by atoms with van der Waals surface area (Å²) in [7, 11) is 0. The number of carbonyl (C=O) groups excluding carboxylic acids is 1. The standard InChI is InChI=1S/C11H22O.3C3H6/c1-2-3-4-5-6-7-8-9-10-11-12;3*1-3-2/h11H,2-10H2,1H3;3*3H,1H2,2H3. The Bertz CT molecular complexity index is 168. The molecule has 0 bridgehead atoms. The van der Waals surface area contributed by atoms with Gasteiger partial charge in [0.25, 0.3) is 0 Å². The zero-order chi connectivity index (χ0) is 17.2. The second-order valence-electron chi connectivity index (χ2n) is 4.65. The van der Waals surface area contributed by atoms with Crippen molar-refractivity contribution in [3.63, 3.8) is 0 Å². The van der Waals surface area contributed by atoms with E-state index in [1.54, 1.807) is 18.2 Å². The van der Waals surface area contributed by atoms with E-state index in [1.807, 2.05) is 20.8 Å². The summed E-state index contributed by atoms with van der Waals surface area (Å²) in [6.07, 6.45) is 17.5. The summed E-state index contributed by atoms with van der Waals surface area (Å²) in [5.41, 5.74) is 0. The predicted molar refractivity (Wildman–Crippen MR) is 101 cm³/mol. The van der Waals surface area contributed by atoms with Crippen molar-refractivity contribution in [2.75, 3.05) is 0 Å². The Kier molecular flexibility index (Phi) is 57.2. The number of unbranched alkanes of at least 4 members (excludes halogenated alkanes) is 8. The van der Waals surface area contributed by atoms with E-state index >= 15 is 0 Å². The van der Waals surface area contributed by atoms with Gasteiger partial charge in [0.15, 0.2) is 0 Å². The van der Waals surface area contributed by atoms with Gasteiger partial charge in [-0.15, -0.1) is 19.7 Å². The van der Waals surface area contributed by atoms with Crippen molar-refractivity contribution in [2.24, 2.45) is 0 Å². The molecule has 21 heavy (non-hydrogen) atoms. The lowest BCUT2D eigenvalue weighted by Crippen LogP contribution is -1.81. The topological polar surface area (TPSA) is 17.1 Å². The van der Waals surface area contributed by atoms with Gasteiger partial charge in [0.05, 0.1) is 0 Å². The monoisotopic (exact) mass is 296 g/mol. The lowest BCUT2D eigenvalue weighted by atomic mass is 10.1. The van der Waals surface area contributed by atoms with Gasteiger partial charge in [0, 0.05) is 6.42 Å². The summed E-state index contributed by atoms with van der Waals surface area (Å²) in [5, 5.41) is 0. The van der Waals surface area contributed by atoms with Gasteiger partial charge >= 0.3 is 0 Å². The molecule has 1 nitrogen and oxygen atoms in total. The highest BCUT2D eigenvalue weighted by Gasteiger charge is 1.90. The highest BCUT2D eigenvalue weighted by Crippen LogP contribution is 2.08. The van der Waals surface area contributed by atoms with Crippen molar-refractivity contribution in [1.29, 1.82) is 0 Å². The minimum Gasteiger partial charge on any atom is -0.303 e. The van der Waals surface area contributed by atoms with Crippen LogP contribution in [-0.4, -0.2) is 6.29 Å². The molecule has 0 spiro atoms. The first-order chi connectivity index (χ1) is 10.2. The number of hydrogen-bond donors (Lipinski definition) is 0. The summed E-state index contributed by atoms with van der Waals surface area (Å²) in [5.74, 6) is 0. The van der Waals surface area contributed by atoms with Crippen LogP contribution in [0.25, 0.3) is 0 Å². The second-order valence-corrected chi connectivity index (χ2v) is 4.65. The molecule has 0 aliphatic carbocycles. The molecular formula is C20H40O. The first-order valence-corrected chi connectivity index (χ1v) is 8.31. The van der Waals surface area contributed by atoms with Crippen LogP contribution in [-0.2, 0) is 4.79 Å². The van der Waals surface area contributed by atoms with E-state index in [0.29, 0.717) is 0 Å². The van der Waals surface area contributed by atoms with Gasteiger partial charge in [-0.3, -0.25) is 0 Å². The van der Waals surface area contributed by atoms with E-state index in [2.05, 4.69) is 26.7 Å². The first-order valence-electron chi connectivity index (χ1n) is 8.31. The number of carbonyl (C=O) groups is 1. The van der Waals surface area contributed by atoms with Gasteiger partial charge in [0.1, 0.15) is 6.29 Å². The molecule has 0 aromatic rings. The van der Waals surface area contributed by atoms with E-state index in [0.717, 1.165) is 19.1 Å². The average Bonchev–Trinajstić information content (AvgIpc) is 2.44. The van der Waals surface area contributed by atoms with Gasteiger partial charge < -0.3 is 4.79 Å². The van der Waals surface area contributed by atoms with Crippen molar-refractivity contribution in [1.82, 2.24) is 0 Å². The summed E-state index contributed by atoms with van der Waals surface area (Å²) < 4.78 is 0. The maximum atomic E-state index is 9.98. The fourth-order valence-corrected chi connectivity index (χ4v) is 1.36. The minimum absolute atomic E-state index is 0.759. The van der Waals surface area contributed by atoms with Crippen LogP contribution in [0, 0.1) is 0 Å². The second kappa shape index (κ2) is 42.8. The van der Waals surface area contributed by atoms with Gasteiger partial charge in [0.2, 0.25) is 0 Å². The zero-order valence-electron chi connectivity index (χ0n) is 15.2. The third kappa shape index (κ3) is 86.6. The van der Waals surface area contributed by atoms with Crippen molar-refractivity contribution in [3.05, 3.63) is 38.0 Å². The smallest absolute Gasteiger partial charge is 0.119 e. The summed E-state index contributed by atoms with van der Waals surface area (Å²) in [6, 6.07) is 0. The van der Waals surface area contributed by atoms with Crippen LogP contribution in [0.3, 0.4) is 0 Å². The Labute approximate surface area is 135 Å². The van der Waals surface area contributed by atoms with E-state index in [-0.39, 0.29) is 0 Å². The highest BCUT2D eigenvalue weighted by molar-refractivity contribution is 5.48. The maximum Gasteiger partial charge on any atom is 0.119 e. The Morgan fingerprint density at radius 1 is 0.667 bits per heavy atom. The normalized spacial score (nSPS) is 7.62. The molecule has 0 aliphatic heterocycles. The number of allylic oxidation sites excluding steroid dienone is 3. The van der Waals surface area contributed by atoms with Crippen molar-refractivity contribution in [2.45, 2.75) is 85.5 Å². The fraction of sp³-hybridized carbons (Fsp3) is 0.650. The molecule has 0 saturated heterocycles. The predicted octanol–water partition coefficient (Wildman–Crippen LogP) is 7.29. The number of hydrogen-bond acceptors (Lipinski definition) is 1. The third-order valence-corrected chi connectivity index (χ3v) is 2.18. The van der Waals surface area contributed by atoms with Crippen LogP contribution < -0.4 is 0 Å². The molecule has 0 aliphatic rings. The third-order valence-electron chi connectivity index (χ3n) is 2.18. The van der Waals surface area contributed by atoms with Crippen molar-refractivity contribution in [3.8, 4) is 0 Å². The molecule has 0 atom stereocenters. The molecule has 0 N–H and O–H groups in total. The van der Waals surface area contributed by atoms with E-state index in [1.165, 1.54) is 44.9 Å².